The highest BCUT2D eigenvalue weighted by molar-refractivity contribution is 6.31. The molecule has 1 fully saturated rings. The molecule has 0 saturated carbocycles. The average molecular weight is 423 g/mol. The van der Waals surface area contributed by atoms with Gasteiger partial charge in [-0.15, -0.1) is 0 Å². The van der Waals surface area contributed by atoms with Crippen molar-refractivity contribution in [3.63, 3.8) is 0 Å². The third kappa shape index (κ3) is 4.57. The van der Waals surface area contributed by atoms with Gasteiger partial charge in [0.2, 0.25) is 5.75 Å². The maximum atomic E-state index is 13.2. The number of piperazine rings is 1. The van der Waals surface area contributed by atoms with Crippen LogP contribution in [0.4, 0.5) is 4.39 Å². The quantitative estimate of drug-likeness (QED) is 0.713. The third-order valence-corrected chi connectivity index (χ3v) is 5.36. The van der Waals surface area contributed by atoms with E-state index in [1.54, 1.807) is 23.1 Å². The van der Waals surface area contributed by atoms with E-state index in [1.165, 1.54) is 33.5 Å². The van der Waals surface area contributed by atoms with Crippen molar-refractivity contribution >= 4 is 17.5 Å². The zero-order valence-electron chi connectivity index (χ0n) is 16.7. The summed E-state index contributed by atoms with van der Waals surface area (Å²) in [5.41, 5.74) is 1.30. The molecule has 1 amide bonds. The van der Waals surface area contributed by atoms with Crippen molar-refractivity contribution in [1.29, 1.82) is 0 Å². The smallest absolute Gasteiger partial charge is 0.257 e. The summed E-state index contributed by atoms with van der Waals surface area (Å²) in [7, 11) is 4.54. The third-order valence-electron chi connectivity index (χ3n) is 5.00. The summed E-state index contributed by atoms with van der Waals surface area (Å²) in [6.45, 7) is 3.12. The van der Waals surface area contributed by atoms with E-state index in [4.69, 9.17) is 25.8 Å². The number of methoxy groups -OCH3 is 3. The molecule has 0 N–H and O–H groups in total. The number of amides is 1. The molecule has 0 spiro atoms. The predicted octanol–water partition coefficient (Wildman–Crippen LogP) is 3.46. The van der Waals surface area contributed by atoms with E-state index in [0.29, 0.717) is 60.6 Å². The molecule has 1 heterocycles. The Kier molecular flexibility index (Phi) is 6.82. The van der Waals surface area contributed by atoms with Gasteiger partial charge in [-0.2, -0.15) is 0 Å². The van der Waals surface area contributed by atoms with Gasteiger partial charge < -0.3 is 19.1 Å². The van der Waals surface area contributed by atoms with E-state index in [1.807, 2.05) is 0 Å². The second-order valence-corrected chi connectivity index (χ2v) is 7.09. The number of rotatable bonds is 6. The van der Waals surface area contributed by atoms with Crippen LogP contribution in [0.1, 0.15) is 15.9 Å². The van der Waals surface area contributed by atoms with Crippen LogP contribution in [0.25, 0.3) is 0 Å². The molecule has 29 heavy (non-hydrogen) atoms. The molecule has 0 unspecified atom stereocenters. The van der Waals surface area contributed by atoms with E-state index in [-0.39, 0.29) is 11.7 Å². The first-order valence-corrected chi connectivity index (χ1v) is 9.60. The molecule has 2 aromatic rings. The van der Waals surface area contributed by atoms with Crippen molar-refractivity contribution in [2.75, 3.05) is 47.5 Å². The Bertz CT molecular complexity index is 885. The van der Waals surface area contributed by atoms with E-state index >= 15 is 0 Å². The molecule has 1 saturated heterocycles. The lowest BCUT2D eigenvalue weighted by atomic mass is 10.1. The van der Waals surface area contributed by atoms with Crippen LogP contribution in [0.2, 0.25) is 5.02 Å². The predicted molar refractivity (Wildman–Crippen MR) is 109 cm³/mol. The lowest BCUT2D eigenvalue weighted by molar-refractivity contribution is 0.0624. The highest BCUT2D eigenvalue weighted by Gasteiger charge is 2.27. The van der Waals surface area contributed by atoms with Gasteiger partial charge in [0, 0.05) is 37.7 Å². The Hall–Kier alpha value is -2.51. The van der Waals surface area contributed by atoms with Crippen LogP contribution in [0.3, 0.4) is 0 Å². The summed E-state index contributed by atoms with van der Waals surface area (Å²) in [6, 6.07) is 7.81. The van der Waals surface area contributed by atoms with Crippen molar-refractivity contribution < 1.29 is 23.4 Å². The molecule has 0 atom stereocenters. The minimum Gasteiger partial charge on any atom is -0.493 e. The highest BCUT2D eigenvalue weighted by Crippen LogP contribution is 2.40. The maximum Gasteiger partial charge on any atom is 0.257 e. The normalized spacial score (nSPS) is 14.6. The van der Waals surface area contributed by atoms with Crippen LogP contribution >= 0.6 is 11.6 Å². The minimum absolute atomic E-state index is 0.123. The molecule has 6 nitrogen and oxygen atoms in total. The number of carbonyl (C=O) groups excluding carboxylic acids is 1. The molecule has 2 aromatic carbocycles. The van der Waals surface area contributed by atoms with E-state index in [0.717, 1.165) is 5.56 Å². The topological polar surface area (TPSA) is 51.2 Å². The van der Waals surface area contributed by atoms with Crippen LogP contribution in [0.5, 0.6) is 17.2 Å². The van der Waals surface area contributed by atoms with Gasteiger partial charge in [0.05, 0.1) is 26.9 Å². The molecular formula is C21H24ClFN2O4. The van der Waals surface area contributed by atoms with Crippen LogP contribution in [-0.4, -0.2) is 63.2 Å². The van der Waals surface area contributed by atoms with Crippen molar-refractivity contribution in [3.05, 3.63) is 52.3 Å². The van der Waals surface area contributed by atoms with Gasteiger partial charge in [-0.25, -0.2) is 4.39 Å². The number of nitrogens with zero attached hydrogens (tertiary/aromatic N) is 2. The van der Waals surface area contributed by atoms with Crippen LogP contribution in [-0.2, 0) is 6.54 Å². The van der Waals surface area contributed by atoms with Crippen molar-refractivity contribution in [3.8, 4) is 17.2 Å². The number of benzene rings is 2. The van der Waals surface area contributed by atoms with Gasteiger partial charge in [-0.05, 0) is 29.8 Å². The SMILES string of the molecule is COc1ccc(C(=O)N2CCN(Cc3ccc(F)cc3Cl)CC2)c(OC)c1OC. The molecule has 156 valence electrons. The average Bonchev–Trinajstić information content (AvgIpc) is 2.74. The molecule has 0 aliphatic carbocycles. The van der Waals surface area contributed by atoms with E-state index < -0.39 is 0 Å². The fraction of sp³-hybridized carbons (Fsp3) is 0.381. The summed E-state index contributed by atoms with van der Waals surface area (Å²) in [5.74, 6) is 0.782. The van der Waals surface area contributed by atoms with Gasteiger partial charge in [0.1, 0.15) is 5.82 Å². The van der Waals surface area contributed by atoms with Crippen molar-refractivity contribution in [2.45, 2.75) is 6.54 Å². The molecule has 1 aliphatic heterocycles. The number of ether oxygens (including phenoxy) is 3. The monoisotopic (exact) mass is 422 g/mol. The number of hydrogen-bond acceptors (Lipinski definition) is 5. The molecule has 0 bridgehead atoms. The summed E-state index contributed by atoms with van der Waals surface area (Å²) in [5, 5.41) is 0.415. The molecule has 1 aliphatic rings. The fourth-order valence-corrected chi connectivity index (χ4v) is 3.67. The Morgan fingerprint density at radius 2 is 1.69 bits per heavy atom. The Labute approximate surface area is 174 Å². The zero-order valence-corrected chi connectivity index (χ0v) is 17.5. The van der Waals surface area contributed by atoms with Crippen molar-refractivity contribution in [1.82, 2.24) is 9.80 Å². The molecule has 8 heteroatoms. The lowest BCUT2D eigenvalue weighted by Gasteiger charge is -2.35. The molecule has 0 radical (unpaired) electrons. The molecule has 0 aromatic heterocycles. The van der Waals surface area contributed by atoms with Crippen LogP contribution < -0.4 is 14.2 Å². The maximum absolute atomic E-state index is 13.2. The summed E-state index contributed by atoms with van der Waals surface area (Å²) >= 11 is 6.13. The summed E-state index contributed by atoms with van der Waals surface area (Å²) in [6.07, 6.45) is 0. The lowest BCUT2D eigenvalue weighted by Crippen LogP contribution is -2.48. The Morgan fingerprint density at radius 3 is 2.28 bits per heavy atom. The van der Waals surface area contributed by atoms with Gasteiger partial charge >= 0.3 is 0 Å². The first-order chi connectivity index (χ1) is 14.0. The molecular weight excluding hydrogens is 399 g/mol. The first-order valence-electron chi connectivity index (χ1n) is 9.23. The standard InChI is InChI=1S/C21H24ClFN2O4/c1-27-18-7-6-16(19(28-2)20(18)29-3)21(26)25-10-8-24(9-11-25)13-14-4-5-15(23)12-17(14)22/h4-7,12H,8-11,13H2,1-3H3. The summed E-state index contributed by atoms with van der Waals surface area (Å²) in [4.78, 5) is 17.0. The number of carbonyl (C=O) groups is 1. The fourth-order valence-electron chi connectivity index (χ4n) is 3.44. The minimum atomic E-state index is -0.349. The number of hydrogen-bond donors (Lipinski definition) is 0. The zero-order chi connectivity index (χ0) is 21.0. The highest BCUT2D eigenvalue weighted by atomic mass is 35.5. The van der Waals surface area contributed by atoms with E-state index in [2.05, 4.69) is 4.90 Å². The van der Waals surface area contributed by atoms with Crippen LogP contribution in [0.15, 0.2) is 30.3 Å². The van der Waals surface area contributed by atoms with Gasteiger partial charge in [0.15, 0.2) is 11.5 Å². The van der Waals surface area contributed by atoms with Crippen molar-refractivity contribution in [2.24, 2.45) is 0 Å². The van der Waals surface area contributed by atoms with Crippen LogP contribution in [0, 0.1) is 5.82 Å². The Balaban J connectivity index is 1.69. The number of halogens is 2. The largest absolute Gasteiger partial charge is 0.493 e. The second kappa shape index (κ2) is 9.33. The second-order valence-electron chi connectivity index (χ2n) is 6.69. The Morgan fingerprint density at radius 1 is 1.00 bits per heavy atom. The van der Waals surface area contributed by atoms with Gasteiger partial charge in [0.25, 0.3) is 5.91 Å². The summed E-state index contributed by atoms with van der Waals surface area (Å²) < 4.78 is 29.3. The van der Waals surface area contributed by atoms with Gasteiger partial charge in [-0.3, -0.25) is 9.69 Å². The first kappa shape index (κ1) is 21.2. The van der Waals surface area contributed by atoms with Gasteiger partial charge in [-0.1, -0.05) is 17.7 Å². The van der Waals surface area contributed by atoms with E-state index in [9.17, 15) is 9.18 Å². The molecule has 3 rings (SSSR count).